The standard InChI is InChI=1S/C19H26N8S2.HI/c1-3-16-24-19(29-25-16)27-12-10-26(11-13-27)17(20-2)21-8-9-22-18-23-14-6-4-5-7-15(14)28-18;/h4-7H,3,8-13H2,1-2H3,(H,20,21)(H,22,23);1H. The predicted octanol–water partition coefficient (Wildman–Crippen LogP) is 3.14. The number of thiazole rings is 1. The molecule has 1 saturated heterocycles. The molecular weight excluding hydrogens is 531 g/mol. The third-order valence-electron chi connectivity index (χ3n) is 4.81. The van der Waals surface area contributed by atoms with Crippen LogP contribution in [0.15, 0.2) is 29.3 Å². The van der Waals surface area contributed by atoms with Gasteiger partial charge in [-0.1, -0.05) is 30.4 Å². The number of benzene rings is 1. The minimum atomic E-state index is 0. The molecule has 0 unspecified atom stereocenters. The molecule has 0 atom stereocenters. The average Bonchev–Trinajstić information content (AvgIpc) is 3.41. The fraction of sp³-hybridized carbons (Fsp3) is 0.474. The van der Waals surface area contributed by atoms with Crippen molar-refractivity contribution in [3.05, 3.63) is 30.1 Å². The van der Waals surface area contributed by atoms with Crippen LogP contribution in [0, 0.1) is 0 Å². The van der Waals surface area contributed by atoms with Crippen molar-refractivity contribution in [3.8, 4) is 0 Å². The van der Waals surface area contributed by atoms with Gasteiger partial charge in [-0.25, -0.2) is 9.97 Å². The molecule has 11 heteroatoms. The highest BCUT2D eigenvalue weighted by atomic mass is 127. The summed E-state index contributed by atoms with van der Waals surface area (Å²) in [6.07, 6.45) is 0.887. The molecule has 0 bridgehead atoms. The first-order chi connectivity index (χ1) is 14.3. The topological polar surface area (TPSA) is 81.6 Å². The van der Waals surface area contributed by atoms with Gasteiger partial charge in [-0.15, -0.1) is 24.0 Å². The lowest BCUT2D eigenvalue weighted by Crippen LogP contribution is -2.53. The molecule has 8 nitrogen and oxygen atoms in total. The molecule has 30 heavy (non-hydrogen) atoms. The molecule has 162 valence electrons. The van der Waals surface area contributed by atoms with E-state index >= 15 is 0 Å². The van der Waals surface area contributed by atoms with E-state index in [1.807, 2.05) is 25.2 Å². The minimum Gasteiger partial charge on any atom is -0.360 e. The fourth-order valence-electron chi connectivity index (χ4n) is 3.25. The number of hydrogen-bond donors (Lipinski definition) is 2. The summed E-state index contributed by atoms with van der Waals surface area (Å²) in [6.45, 7) is 7.39. The zero-order chi connectivity index (χ0) is 20.1. The third-order valence-corrected chi connectivity index (χ3v) is 6.62. The van der Waals surface area contributed by atoms with E-state index in [4.69, 9.17) is 0 Å². The smallest absolute Gasteiger partial charge is 0.205 e. The molecule has 0 amide bonds. The molecule has 2 aromatic heterocycles. The molecule has 0 aliphatic carbocycles. The van der Waals surface area contributed by atoms with E-state index in [2.05, 4.69) is 52.8 Å². The number of halogens is 1. The number of nitrogens with one attached hydrogen (secondary N) is 2. The van der Waals surface area contributed by atoms with Gasteiger partial charge in [-0.3, -0.25) is 4.99 Å². The fourth-order valence-corrected chi connectivity index (χ4v) is 4.94. The van der Waals surface area contributed by atoms with E-state index in [1.165, 1.54) is 16.2 Å². The van der Waals surface area contributed by atoms with Crippen molar-refractivity contribution in [3.63, 3.8) is 0 Å². The Morgan fingerprint density at radius 3 is 2.63 bits per heavy atom. The maximum atomic E-state index is 4.61. The molecule has 0 saturated carbocycles. The Hall–Kier alpha value is -1.73. The lowest BCUT2D eigenvalue weighted by Gasteiger charge is -2.36. The number of guanidine groups is 1. The second kappa shape index (κ2) is 11.0. The van der Waals surface area contributed by atoms with Crippen LogP contribution in [-0.2, 0) is 6.42 Å². The summed E-state index contributed by atoms with van der Waals surface area (Å²) >= 11 is 3.18. The van der Waals surface area contributed by atoms with Crippen molar-refractivity contribution in [2.75, 3.05) is 56.5 Å². The Labute approximate surface area is 202 Å². The third kappa shape index (κ3) is 5.49. The summed E-state index contributed by atoms with van der Waals surface area (Å²) in [4.78, 5) is 18.3. The Kier molecular flexibility index (Phi) is 8.45. The summed E-state index contributed by atoms with van der Waals surface area (Å²) in [5.41, 5.74) is 1.04. The van der Waals surface area contributed by atoms with Crippen LogP contribution in [0.3, 0.4) is 0 Å². The highest BCUT2D eigenvalue weighted by molar-refractivity contribution is 14.0. The first kappa shape index (κ1) is 22.9. The number of aromatic nitrogens is 3. The lowest BCUT2D eigenvalue weighted by molar-refractivity contribution is 0.373. The molecule has 0 radical (unpaired) electrons. The van der Waals surface area contributed by atoms with E-state index < -0.39 is 0 Å². The Morgan fingerprint density at radius 1 is 1.13 bits per heavy atom. The zero-order valence-corrected chi connectivity index (χ0v) is 21.1. The van der Waals surface area contributed by atoms with E-state index in [0.717, 1.165) is 73.3 Å². The number of piperazine rings is 1. The van der Waals surface area contributed by atoms with Gasteiger partial charge >= 0.3 is 0 Å². The molecular formula is C19H27IN8S2. The van der Waals surface area contributed by atoms with Gasteiger partial charge < -0.3 is 20.4 Å². The number of rotatable bonds is 6. The molecule has 0 spiro atoms. The summed E-state index contributed by atoms with van der Waals surface area (Å²) in [5, 5.41) is 8.85. The van der Waals surface area contributed by atoms with Crippen LogP contribution in [0.5, 0.6) is 0 Å². The maximum absolute atomic E-state index is 4.61. The molecule has 1 aliphatic heterocycles. The van der Waals surface area contributed by atoms with Crippen molar-refractivity contribution in [1.82, 2.24) is 24.6 Å². The van der Waals surface area contributed by atoms with Gasteiger partial charge in [0.2, 0.25) is 5.13 Å². The summed E-state index contributed by atoms with van der Waals surface area (Å²) in [7, 11) is 1.84. The van der Waals surface area contributed by atoms with Gasteiger partial charge in [-0.2, -0.15) is 4.37 Å². The molecule has 1 aliphatic rings. The highest BCUT2D eigenvalue weighted by Gasteiger charge is 2.21. The van der Waals surface area contributed by atoms with Gasteiger partial charge in [0.05, 0.1) is 10.2 Å². The van der Waals surface area contributed by atoms with E-state index in [0.29, 0.717) is 0 Å². The van der Waals surface area contributed by atoms with Crippen LogP contribution in [0.4, 0.5) is 10.3 Å². The van der Waals surface area contributed by atoms with E-state index in [1.54, 1.807) is 11.3 Å². The van der Waals surface area contributed by atoms with Crippen molar-refractivity contribution >= 4 is 73.3 Å². The van der Waals surface area contributed by atoms with Crippen molar-refractivity contribution in [2.24, 2.45) is 4.99 Å². The molecule has 1 aromatic carbocycles. The van der Waals surface area contributed by atoms with Gasteiger partial charge in [0.25, 0.3) is 0 Å². The minimum absolute atomic E-state index is 0. The number of anilines is 2. The number of para-hydroxylation sites is 1. The van der Waals surface area contributed by atoms with Crippen molar-refractivity contribution in [2.45, 2.75) is 13.3 Å². The second-order valence-corrected chi connectivity index (χ2v) is 8.47. The van der Waals surface area contributed by atoms with Crippen molar-refractivity contribution in [1.29, 1.82) is 0 Å². The molecule has 3 aromatic rings. The number of aryl methyl sites for hydroxylation is 1. The van der Waals surface area contributed by atoms with E-state index in [-0.39, 0.29) is 24.0 Å². The van der Waals surface area contributed by atoms with Crippen LogP contribution >= 0.6 is 46.8 Å². The number of nitrogens with zero attached hydrogens (tertiary/aromatic N) is 6. The molecule has 4 rings (SSSR count). The number of hydrogen-bond acceptors (Lipinski definition) is 8. The van der Waals surface area contributed by atoms with Crippen LogP contribution in [-0.4, -0.2) is 71.5 Å². The molecule has 2 N–H and O–H groups in total. The second-order valence-electron chi connectivity index (χ2n) is 6.71. The zero-order valence-electron chi connectivity index (χ0n) is 17.2. The lowest BCUT2D eigenvalue weighted by atomic mass is 10.3. The Morgan fingerprint density at radius 2 is 1.93 bits per heavy atom. The summed E-state index contributed by atoms with van der Waals surface area (Å²) < 4.78 is 5.60. The number of aliphatic imine (C=N–C) groups is 1. The van der Waals surface area contributed by atoms with Crippen LogP contribution in [0.25, 0.3) is 10.2 Å². The average molecular weight is 559 g/mol. The summed E-state index contributed by atoms with van der Waals surface area (Å²) in [6, 6.07) is 8.21. The van der Waals surface area contributed by atoms with Gasteiger partial charge in [0.15, 0.2) is 11.1 Å². The maximum Gasteiger partial charge on any atom is 0.205 e. The van der Waals surface area contributed by atoms with Gasteiger partial charge in [-0.05, 0) is 12.1 Å². The van der Waals surface area contributed by atoms with Crippen LogP contribution < -0.4 is 15.5 Å². The quantitative estimate of drug-likeness (QED) is 0.208. The predicted molar refractivity (Wildman–Crippen MR) is 138 cm³/mol. The summed E-state index contributed by atoms with van der Waals surface area (Å²) in [5.74, 6) is 1.88. The Bertz CT molecular complexity index is 931. The van der Waals surface area contributed by atoms with Gasteiger partial charge in [0, 0.05) is 64.3 Å². The van der Waals surface area contributed by atoms with E-state index in [9.17, 15) is 0 Å². The monoisotopic (exact) mass is 558 g/mol. The molecule has 3 heterocycles. The normalized spacial score (nSPS) is 14.7. The van der Waals surface area contributed by atoms with Crippen molar-refractivity contribution < 1.29 is 0 Å². The number of fused-ring (bicyclic) bond motifs is 1. The van der Waals surface area contributed by atoms with Crippen LogP contribution in [0.1, 0.15) is 12.7 Å². The molecule has 1 fully saturated rings. The van der Waals surface area contributed by atoms with Crippen LogP contribution in [0.2, 0.25) is 0 Å². The Balaban J connectivity index is 0.00000256. The first-order valence-electron chi connectivity index (χ1n) is 9.89. The largest absolute Gasteiger partial charge is 0.360 e. The van der Waals surface area contributed by atoms with Gasteiger partial charge in [0.1, 0.15) is 5.82 Å². The first-order valence-corrected chi connectivity index (χ1v) is 11.5. The SMILES string of the molecule is CCc1nsc(N2CCN(C(=NC)NCCNc3nc4ccccc4s3)CC2)n1.I. The highest BCUT2D eigenvalue weighted by Crippen LogP contribution is 2.25.